The molecule has 1 aromatic carbocycles. The molecule has 2 aromatic rings. The normalized spacial score (nSPS) is 12.7. The van der Waals surface area contributed by atoms with Crippen molar-refractivity contribution in [1.29, 1.82) is 0 Å². The molecule has 2 N–H and O–H groups in total. The van der Waals surface area contributed by atoms with Crippen LogP contribution in [0.15, 0.2) is 34.7 Å². The number of halogens is 2. The summed E-state index contributed by atoms with van der Waals surface area (Å²) in [6.45, 7) is 0.386. The molecule has 0 saturated carbocycles. The standard InChI is InChI=1S/C13H13ClFNO2/c1-17-7-9-3-5-12(18-9)13(16)8-2-4-11(15)10(14)6-8/h2-6,13H,7,16H2,1H3. The van der Waals surface area contributed by atoms with Crippen molar-refractivity contribution in [1.82, 2.24) is 0 Å². The Morgan fingerprint density at radius 1 is 1.39 bits per heavy atom. The molecule has 18 heavy (non-hydrogen) atoms. The lowest BCUT2D eigenvalue weighted by molar-refractivity contribution is 0.162. The van der Waals surface area contributed by atoms with E-state index in [1.165, 1.54) is 12.1 Å². The van der Waals surface area contributed by atoms with E-state index in [9.17, 15) is 4.39 Å². The number of rotatable bonds is 4. The summed E-state index contributed by atoms with van der Waals surface area (Å²) in [4.78, 5) is 0. The molecule has 0 aliphatic heterocycles. The Hall–Kier alpha value is -1.36. The Labute approximate surface area is 109 Å². The molecule has 0 spiro atoms. The predicted molar refractivity (Wildman–Crippen MR) is 66.9 cm³/mol. The molecule has 1 unspecified atom stereocenters. The largest absolute Gasteiger partial charge is 0.462 e. The highest BCUT2D eigenvalue weighted by Gasteiger charge is 2.14. The van der Waals surface area contributed by atoms with E-state index >= 15 is 0 Å². The van der Waals surface area contributed by atoms with Crippen LogP contribution >= 0.6 is 11.6 Å². The molecule has 0 radical (unpaired) electrons. The van der Waals surface area contributed by atoms with Gasteiger partial charge in [-0.15, -0.1) is 0 Å². The maximum Gasteiger partial charge on any atom is 0.141 e. The Balaban J connectivity index is 2.23. The van der Waals surface area contributed by atoms with Gasteiger partial charge in [-0.05, 0) is 29.8 Å². The van der Waals surface area contributed by atoms with E-state index in [4.69, 9.17) is 26.5 Å². The summed E-state index contributed by atoms with van der Waals surface area (Å²) >= 11 is 5.72. The Morgan fingerprint density at radius 3 is 2.83 bits per heavy atom. The first-order chi connectivity index (χ1) is 8.61. The number of nitrogens with two attached hydrogens (primary N) is 1. The molecule has 0 fully saturated rings. The van der Waals surface area contributed by atoms with Crippen LogP contribution in [0.5, 0.6) is 0 Å². The highest BCUT2D eigenvalue weighted by molar-refractivity contribution is 6.30. The van der Waals surface area contributed by atoms with Crippen LogP contribution in [0.1, 0.15) is 23.1 Å². The molecule has 1 aromatic heterocycles. The van der Waals surface area contributed by atoms with Crippen LogP contribution in [0.4, 0.5) is 4.39 Å². The monoisotopic (exact) mass is 269 g/mol. The van der Waals surface area contributed by atoms with Crippen molar-refractivity contribution in [3.05, 3.63) is 58.3 Å². The molecule has 0 aliphatic carbocycles. The van der Waals surface area contributed by atoms with Gasteiger partial charge in [0.05, 0.1) is 11.1 Å². The zero-order valence-corrected chi connectivity index (χ0v) is 10.6. The van der Waals surface area contributed by atoms with Gasteiger partial charge in [0.15, 0.2) is 0 Å². The zero-order valence-electron chi connectivity index (χ0n) is 9.82. The third kappa shape index (κ3) is 2.72. The Bertz CT molecular complexity index is 542. The molecule has 96 valence electrons. The Morgan fingerprint density at radius 2 is 2.17 bits per heavy atom. The summed E-state index contributed by atoms with van der Waals surface area (Å²) in [5.74, 6) is 0.813. The van der Waals surface area contributed by atoms with Gasteiger partial charge >= 0.3 is 0 Å². The number of methoxy groups -OCH3 is 1. The van der Waals surface area contributed by atoms with Gasteiger partial charge in [-0.1, -0.05) is 17.7 Å². The number of furan rings is 1. The van der Waals surface area contributed by atoms with Gasteiger partial charge in [0.2, 0.25) is 0 Å². The molecule has 0 saturated heterocycles. The van der Waals surface area contributed by atoms with E-state index in [1.807, 2.05) is 0 Å². The van der Waals surface area contributed by atoms with Crippen molar-refractivity contribution < 1.29 is 13.5 Å². The van der Waals surface area contributed by atoms with E-state index in [0.717, 1.165) is 0 Å². The van der Waals surface area contributed by atoms with Crippen LogP contribution in [0.2, 0.25) is 5.02 Å². The first-order valence-electron chi connectivity index (χ1n) is 5.40. The van der Waals surface area contributed by atoms with Crippen LogP contribution in [0, 0.1) is 5.82 Å². The number of hydrogen-bond donors (Lipinski definition) is 1. The van der Waals surface area contributed by atoms with E-state index in [-0.39, 0.29) is 5.02 Å². The number of hydrogen-bond acceptors (Lipinski definition) is 3. The van der Waals surface area contributed by atoms with Gasteiger partial charge in [-0.25, -0.2) is 4.39 Å². The van der Waals surface area contributed by atoms with Crippen molar-refractivity contribution in [3.63, 3.8) is 0 Å². The summed E-state index contributed by atoms with van der Waals surface area (Å²) in [5.41, 5.74) is 6.72. The fourth-order valence-corrected chi connectivity index (χ4v) is 1.84. The molecular formula is C13H13ClFNO2. The first-order valence-corrected chi connectivity index (χ1v) is 5.77. The summed E-state index contributed by atoms with van der Waals surface area (Å²) < 4.78 is 23.5. The third-order valence-corrected chi connectivity index (χ3v) is 2.87. The van der Waals surface area contributed by atoms with Crippen LogP contribution in [0.25, 0.3) is 0 Å². The smallest absolute Gasteiger partial charge is 0.141 e. The Kier molecular flexibility index (Phi) is 4.01. The van der Waals surface area contributed by atoms with Gasteiger partial charge in [-0.3, -0.25) is 0 Å². The highest BCUT2D eigenvalue weighted by Crippen LogP contribution is 2.25. The van der Waals surface area contributed by atoms with Crippen LogP contribution in [-0.4, -0.2) is 7.11 Å². The molecule has 0 amide bonds. The SMILES string of the molecule is COCc1ccc(C(N)c2ccc(F)c(Cl)c2)o1. The minimum absolute atomic E-state index is 0.0478. The van der Waals surface area contributed by atoms with E-state index in [2.05, 4.69) is 0 Å². The molecule has 0 bridgehead atoms. The maximum atomic E-state index is 13.1. The van der Waals surface area contributed by atoms with Crippen molar-refractivity contribution in [2.75, 3.05) is 7.11 Å². The summed E-state index contributed by atoms with van der Waals surface area (Å²) in [6.07, 6.45) is 0. The molecule has 1 heterocycles. The van der Waals surface area contributed by atoms with Crippen molar-refractivity contribution in [3.8, 4) is 0 Å². The number of ether oxygens (including phenoxy) is 1. The lowest BCUT2D eigenvalue weighted by Gasteiger charge is -2.09. The lowest BCUT2D eigenvalue weighted by Crippen LogP contribution is -2.11. The molecule has 5 heteroatoms. The minimum Gasteiger partial charge on any atom is -0.462 e. The second-order valence-corrected chi connectivity index (χ2v) is 4.30. The fraction of sp³-hybridized carbons (Fsp3) is 0.231. The topological polar surface area (TPSA) is 48.4 Å². The van der Waals surface area contributed by atoms with Gasteiger partial charge in [0.1, 0.15) is 23.9 Å². The van der Waals surface area contributed by atoms with Gasteiger partial charge in [0, 0.05) is 7.11 Å². The average Bonchev–Trinajstić information content (AvgIpc) is 2.81. The highest BCUT2D eigenvalue weighted by atomic mass is 35.5. The summed E-state index contributed by atoms with van der Waals surface area (Å²) in [7, 11) is 1.59. The third-order valence-electron chi connectivity index (χ3n) is 2.58. The fourth-order valence-electron chi connectivity index (χ4n) is 1.65. The van der Waals surface area contributed by atoms with Gasteiger partial charge < -0.3 is 14.9 Å². The van der Waals surface area contributed by atoms with E-state index in [0.29, 0.717) is 23.7 Å². The predicted octanol–water partition coefficient (Wildman–Crippen LogP) is 3.27. The van der Waals surface area contributed by atoms with Crippen molar-refractivity contribution in [2.24, 2.45) is 5.73 Å². The minimum atomic E-state index is -0.478. The zero-order chi connectivity index (χ0) is 13.1. The first kappa shape index (κ1) is 13.1. The van der Waals surface area contributed by atoms with Crippen molar-refractivity contribution >= 4 is 11.6 Å². The molecule has 2 rings (SSSR count). The molecule has 1 atom stereocenters. The van der Waals surface area contributed by atoms with E-state index in [1.54, 1.807) is 25.3 Å². The molecule has 0 aliphatic rings. The average molecular weight is 270 g/mol. The molecular weight excluding hydrogens is 257 g/mol. The van der Waals surface area contributed by atoms with Crippen molar-refractivity contribution in [2.45, 2.75) is 12.6 Å². The second-order valence-electron chi connectivity index (χ2n) is 3.89. The van der Waals surface area contributed by atoms with Gasteiger partial charge in [-0.2, -0.15) is 0 Å². The van der Waals surface area contributed by atoms with E-state index < -0.39 is 11.9 Å². The lowest BCUT2D eigenvalue weighted by atomic mass is 10.1. The second kappa shape index (κ2) is 5.52. The van der Waals surface area contributed by atoms with Gasteiger partial charge in [0.25, 0.3) is 0 Å². The van der Waals surface area contributed by atoms with Crippen LogP contribution < -0.4 is 5.73 Å². The molecule has 3 nitrogen and oxygen atoms in total. The quantitative estimate of drug-likeness (QED) is 0.927. The summed E-state index contributed by atoms with van der Waals surface area (Å²) in [6, 6.07) is 7.47. The van der Waals surface area contributed by atoms with Crippen LogP contribution in [0.3, 0.4) is 0 Å². The maximum absolute atomic E-state index is 13.1. The number of benzene rings is 1. The summed E-state index contributed by atoms with van der Waals surface area (Å²) in [5, 5.41) is 0.0478. The van der Waals surface area contributed by atoms with Crippen LogP contribution in [-0.2, 0) is 11.3 Å².